The number of Topliss-reactive ketones (excluding diaryl/α,β-unsaturated/α-hetero) is 1. The van der Waals surface area contributed by atoms with Gasteiger partial charge >= 0.3 is 0 Å². The highest BCUT2D eigenvalue weighted by Gasteiger charge is 2.42. The molecule has 5 atom stereocenters. The number of aromatic nitrogens is 1. The van der Waals surface area contributed by atoms with Crippen molar-refractivity contribution in [1.82, 2.24) is 10.3 Å². The summed E-state index contributed by atoms with van der Waals surface area (Å²) in [6.07, 6.45) is 5.30. The summed E-state index contributed by atoms with van der Waals surface area (Å²) in [4.78, 5) is 30.6. The van der Waals surface area contributed by atoms with Crippen LogP contribution in [-0.2, 0) is 9.59 Å². The van der Waals surface area contributed by atoms with Crippen LogP contribution in [0.1, 0.15) is 84.3 Å². The van der Waals surface area contributed by atoms with E-state index in [1.54, 1.807) is 32.1 Å². The third kappa shape index (κ3) is 7.59. The minimum atomic E-state index is -1.15. The lowest BCUT2D eigenvalue weighted by Gasteiger charge is -2.34. The zero-order valence-electron chi connectivity index (χ0n) is 21.7. The quantitative estimate of drug-likeness (QED) is 0.515. The molecule has 7 heteroatoms. The number of hydrogen-bond acceptors (Lipinski definition) is 6. The van der Waals surface area contributed by atoms with Gasteiger partial charge in [0.25, 0.3) is 0 Å². The highest BCUT2D eigenvalue weighted by molar-refractivity contribution is 7.09. The lowest BCUT2D eigenvalue weighted by molar-refractivity contribution is -0.143. The Balaban J connectivity index is 2.33. The van der Waals surface area contributed by atoms with Crippen molar-refractivity contribution >= 4 is 29.1 Å². The molecule has 0 fully saturated rings. The normalized spacial score (nSPS) is 32.1. The standard InChI is InChI=1S/C27H42N2O4S/c1-16-9-8-10-17(2)25(32)19(4)26(33)27(6,7)23(30)14-24(31)29-22(12-11-16)18(3)13-21-15-34-20(5)28-21/h11,13,15,17,19,22-23,25,30,32H,8-10,12,14H2,1-7H3,(H,29,31)/b16-11-,18-13+/t17-,19+,22-,23-,25-/m1/s1. The number of carbonyl (C=O) groups is 2. The first kappa shape index (κ1) is 28.4. The van der Waals surface area contributed by atoms with Crippen LogP contribution >= 0.6 is 11.3 Å². The molecule has 2 rings (SSSR count). The summed E-state index contributed by atoms with van der Waals surface area (Å²) in [6, 6.07) is -0.233. The van der Waals surface area contributed by atoms with Crippen molar-refractivity contribution in [3.63, 3.8) is 0 Å². The molecular weight excluding hydrogens is 448 g/mol. The van der Waals surface area contributed by atoms with Crippen molar-refractivity contribution in [3.8, 4) is 0 Å². The van der Waals surface area contributed by atoms with Crippen molar-refractivity contribution in [2.45, 2.75) is 98.8 Å². The molecule has 2 heterocycles. The molecule has 6 nitrogen and oxygen atoms in total. The van der Waals surface area contributed by atoms with Gasteiger partial charge in [0.05, 0.1) is 40.8 Å². The number of ketones is 1. The van der Waals surface area contributed by atoms with E-state index in [0.29, 0.717) is 6.42 Å². The predicted octanol–water partition coefficient (Wildman–Crippen LogP) is 4.84. The van der Waals surface area contributed by atoms with Gasteiger partial charge in [-0.3, -0.25) is 9.59 Å². The summed E-state index contributed by atoms with van der Waals surface area (Å²) in [5.74, 6) is -1.18. The second-order valence-electron chi connectivity index (χ2n) is 10.5. The number of rotatable bonds is 2. The van der Waals surface area contributed by atoms with Gasteiger partial charge in [0.15, 0.2) is 0 Å². The van der Waals surface area contributed by atoms with Gasteiger partial charge < -0.3 is 15.5 Å². The Hall–Kier alpha value is -1.83. The molecule has 0 unspecified atom stereocenters. The van der Waals surface area contributed by atoms with Gasteiger partial charge in [-0.1, -0.05) is 39.3 Å². The largest absolute Gasteiger partial charge is 0.392 e. The second kappa shape index (κ2) is 12.2. The van der Waals surface area contributed by atoms with Crippen LogP contribution in [0.4, 0.5) is 0 Å². The Kier molecular flexibility index (Phi) is 10.2. The topological polar surface area (TPSA) is 99.5 Å². The number of amides is 1. The van der Waals surface area contributed by atoms with Crippen LogP contribution in [0.3, 0.4) is 0 Å². The van der Waals surface area contributed by atoms with Gasteiger partial charge in [0.2, 0.25) is 5.91 Å². The minimum absolute atomic E-state index is 0.0320. The summed E-state index contributed by atoms with van der Waals surface area (Å²) >= 11 is 1.58. The summed E-state index contributed by atoms with van der Waals surface area (Å²) < 4.78 is 0. The molecule has 1 aromatic rings. The third-order valence-corrected chi connectivity index (χ3v) is 7.98. The van der Waals surface area contributed by atoms with E-state index in [9.17, 15) is 19.8 Å². The molecule has 0 aliphatic carbocycles. The van der Waals surface area contributed by atoms with Crippen molar-refractivity contribution in [2.24, 2.45) is 17.3 Å². The van der Waals surface area contributed by atoms with Crippen LogP contribution in [0, 0.1) is 24.2 Å². The highest BCUT2D eigenvalue weighted by atomic mass is 32.1. The summed E-state index contributed by atoms with van der Waals surface area (Å²) in [6.45, 7) is 13.0. The Morgan fingerprint density at radius 3 is 2.53 bits per heavy atom. The lowest BCUT2D eigenvalue weighted by atomic mass is 9.73. The average Bonchev–Trinajstić information content (AvgIpc) is 3.18. The van der Waals surface area contributed by atoms with Gasteiger partial charge in [-0.05, 0) is 64.0 Å². The molecule has 3 N–H and O–H groups in total. The van der Waals surface area contributed by atoms with Crippen LogP contribution < -0.4 is 5.32 Å². The number of thiazole rings is 1. The van der Waals surface area contributed by atoms with Crippen LogP contribution in [0.2, 0.25) is 0 Å². The number of nitrogens with zero attached hydrogens (tertiary/aromatic N) is 1. The molecule has 1 aromatic heterocycles. The number of aliphatic hydroxyl groups excluding tert-OH is 2. The summed E-state index contributed by atoms with van der Waals surface area (Å²) in [7, 11) is 0. The van der Waals surface area contributed by atoms with E-state index >= 15 is 0 Å². The maximum absolute atomic E-state index is 13.2. The zero-order valence-corrected chi connectivity index (χ0v) is 22.5. The monoisotopic (exact) mass is 490 g/mol. The van der Waals surface area contributed by atoms with Crippen LogP contribution in [0.25, 0.3) is 6.08 Å². The van der Waals surface area contributed by atoms with E-state index < -0.39 is 23.5 Å². The summed E-state index contributed by atoms with van der Waals surface area (Å²) in [5, 5.41) is 27.7. The number of hydrogen-bond donors (Lipinski definition) is 3. The maximum Gasteiger partial charge on any atom is 0.223 e. The average molecular weight is 491 g/mol. The molecule has 1 aliphatic heterocycles. The third-order valence-electron chi connectivity index (χ3n) is 7.19. The van der Waals surface area contributed by atoms with E-state index in [0.717, 1.165) is 35.5 Å². The van der Waals surface area contributed by atoms with Crippen molar-refractivity contribution in [3.05, 3.63) is 33.3 Å². The van der Waals surface area contributed by atoms with Crippen LogP contribution in [0.5, 0.6) is 0 Å². The van der Waals surface area contributed by atoms with E-state index in [4.69, 9.17) is 0 Å². The fraction of sp³-hybridized carbons (Fsp3) is 0.667. The molecule has 34 heavy (non-hydrogen) atoms. The zero-order chi connectivity index (χ0) is 25.6. The SMILES string of the molecule is C/C1=C/C[C@H](/C(C)=C/c2csc(C)n2)NC(=O)C[C@@H](O)C(C)(C)C(=O)[C@@H](C)[C@H](O)[C@H](C)CCC1. The highest BCUT2D eigenvalue weighted by Crippen LogP contribution is 2.32. The molecule has 0 radical (unpaired) electrons. The molecule has 0 bridgehead atoms. The minimum Gasteiger partial charge on any atom is -0.392 e. The van der Waals surface area contributed by atoms with Crippen molar-refractivity contribution in [1.29, 1.82) is 0 Å². The number of aliphatic hydroxyl groups is 2. The van der Waals surface area contributed by atoms with Gasteiger partial charge in [0, 0.05) is 11.3 Å². The number of carbonyl (C=O) groups excluding carboxylic acids is 2. The molecule has 0 saturated carbocycles. The second-order valence-corrected chi connectivity index (χ2v) is 11.6. The van der Waals surface area contributed by atoms with Gasteiger partial charge in [-0.2, -0.15) is 0 Å². The van der Waals surface area contributed by atoms with Crippen LogP contribution in [-0.4, -0.2) is 45.1 Å². The fourth-order valence-corrected chi connectivity index (χ4v) is 5.09. The molecule has 190 valence electrons. The van der Waals surface area contributed by atoms with E-state index in [-0.39, 0.29) is 30.1 Å². The molecular formula is C27H42N2O4S. The van der Waals surface area contributed by atoms with E-state index in [1.807, 2.05) is 32.2 Å². The van der Waals surface area contributed by atoms with Gasteiger partial charge in [0.1, 0.15) is 5.78 Å². The first-order chi connectivity index (χ1) is 15.8. The Morgan fingerprint density at radius 1 is 1.24 bits per heavy atom. The smallest absolute Gasteiger partial charge is 0.223 e. The van der Waals surface area contributed by atoms with Crippen molar-refractivity contribution in [2.75, 3.05) is 0 Å². The maximum atomic E-state index is 13.2. The number of allylic oxidation sites excluding steroid dienone is 1. The summed E-state index contributed by atoms with van der Waals surface area (Å²) in [5.41, 5.74) is 1.94. The first-order valence-electron chi connectivity index (χ1n) is 12.3. The van der Waals surface area contributed by atoms with E-state index in [1.165, 1.54) is 5.57 Å². The van der Waals surface area contributed by atoms with Gasteiger partial charge in [-0.25, -0.2) is 4.98 Å². The Labute approximate surface area is 208 Å². The van der Waals surface area contributed by atoms with Gasteiger partial charge in [-0.15, -0.1) is 11.3 Å². The molecule has 1 aliphatic rings. The first-order valence-corrected chi connectivity index (χ1v) is 13.2. The Morgan fingerprint density at radius 2 is 1.91 bits per heavy atom. The number of nitrogens with one attached hydrogen (secondary N) is 1. The predicted molar refractivity (Wildman–Crippen MR) is 138 cm³/mol. The van der Waals surface area contributed by atoms with E-state index in [2.05, 4.69) is 23.3 Å². The van der Waals surface area contributed by atoms with Crippen molar-refractivity contribution < 1.29 is 19.8 Å². The lowest BCUT2D eigenvalue weighted by Crippen LogP contribution is -2.47. The Bertz CT molecular complexity index is 917. The molecule has 0 aromatic carbocycles. The number of aryl methyl sites for hydroxylation is 1. The van der Waals surface area contributed by atoms with Crippen LogP contribution in [0.15, 0.2) is 22.6 Å². The molecule has 0 saturated heterocycles. The fourth-order valence-electron chi connectivity index (χ4n) is 4.52. The molecule has 1 amide bonds. The molecule has 0 spiro atoms.